The summed E-state index contributed by atoms with van der Waals surface area (Å²) in [5.74, 6) is 0. The van der Waals surface area contributed by atoms with Crippen molar-refractivity contribution >= 4 is 46.1 Å². The SMILES string of the molecule is CC(C)(C)c1cc[c-]cc1.[Br-].[Br-].[CH-]=C.[Mg+2].[Mg+2]. The molecule has 0 saturated carbocycles. The molecule has 4 heteroatoms. The molecular weight excluding hydrogens is 353 g/mol. The Kier molecular flexibility index (Phi) is 31.3. The van der Waals surface area contributed by atoms with Crippen LogP contribution in [0.15, 0.2) is 30.8 Å². The van der Waals surface area contributed by atoms with Crippen LogP contribution >= 0.6 is 0 Å². The van der Waals surface area contributed by atoms with Crippen LogP contribution in [0.4, 0.5) is 0 Å². The van der Waals surface area contributed by atoms with Crippen LogP contribution in [0.1, 0.15) is 26.3 Å². The Morgan fingerprint density at radius 2 is 1.31 bits per heavy atom. The molecule has 0 bridgehead atoms. The summed E-state index contributed by atoms with van der Waals surface area (Å²) >= 11 is 0. The zero-order valence-electron chi connectivity index (χ0n) is 10.3. The van der Waals surface area contributed by atoms with E-state index >= 15 is 0 Å². The molecule has 0 aliphatic heterocycles. The molecule has 0 aliphatic rings. The van der Waals surface area contributed by atoms with Crippen molar-refractivity contribution in [3.05, 3.63) is 49.1 Å². The fourth-order valence-corrected chi connectivity index (χ4v) is 0.887. The standard InChI is InChI=1S/C10H13.C2H3.2BrH.2Mg/c1-10(2,3)9-7-5-4-6-8-9;1-2;;;;/h5-8H,1-3H3;1H,2H2;2*1H;;/q2*-1;;;2*+2/p-2. The summed E-state index contributed by atoms with van der Waals surface area (Å²) in [5, 5.41) is 0. The molecule has 0 radical (unpaired) electrons. The molecule has 82 valence electrons. The Balaban J connectivity index is -0.0000000637. The van der Waals surface area contributed by atoms with Gasteiger partial charge in [0.1, 0.15) is 0 Å². The molecule has 16 heavy (non-hydrogen) atoms. The predicted molar refractivity (Wildman–Crippen MR) is 65.4 cm³/mol. The summed E-state index contributed by atoms with van der Waals surface area (Å²) in [6.45, 7) is 13.6. The summed E-state index contributed by atoms with van der Waals surface area (Å²) in [6.07, 6.45) is 0. The first-order valence-electron chi connectivity index (χ1n) is 3.98. The van der Waals surface area contributed by atoms with Crippen LogP contribution in [0.5, 0.6) is 0 Å². The molecule has 0 fully saturated rings. The molecule has 1 aromatic carbocycles. The number of halogens is 2. The molecule has 0 spiro atoms. The second-order valence-electron chi connectivity index (χ2n) is 3.54. The van der Waals surface area contributed by atoms with Crippen LogP contribution in [0.25, 0.3) is 0 Å². The number of benzene rings is 1. The van der Waals surface area contributed by atoms with Gasteiger partial charge in [0.05, 0.1) is 0 Å². The van der Waals surface area contributed by atoms with Crippen LogP contribution in [0.3, 0.4) is 0 Å². The van der Waals surface area contributed by atoms with Crippen molar-refractivity contribution in [2.75, 3.05) is 0 Å². The van der Waals surface area contributed by atoms with Gasteiger partial charge in [0.2, 0.25) is 0 Å². The Labute approximate surface area is 154 Å². The van der Waals surface area contributed by atoms with Gasteiger partial charge in [0.25, 0.3) is 0 Å². The quantitative estimate of drug-likeness (QED) is 0.331. The smallest absolute Gasteiger partial charge is 1.00 e. The maximum Gasteiger partial charge on any atom is 2.00 e. The molecule has 0 N–H and O–H groups in total. The Morgan fingerprint density at radius 1 is 1.00 bits per heavy atom. The van der Waals surface area contributed by atoms with Gasteiger partial charge in [-0.3, -0.25) is 6.58 Å². The van der Waals surface area contributed by atoms with Crippen molar-refractivity contribution in [3.8, 4) is 0 Å². The van der Waals surface area contributed by atoms with E-state index in [0.29, 0.717) is 0 Å². The molecule has 0 aromatic heterocycles. The summed E-state index contributed by atoms with van der Waals surface area (Å²) in [6, 6.07) is 11.1. The second-order valence-corrected chi connectivity index (χ2v) is 3.54. The second kappa shape index (κ2) is 16.5. The third-order valence-electron chi connectivity index (χ3n) is 1.58. The number of hydrogen-bond donors (Lipinski definition) is 0. The van der Waals surface area contributed by atoms with Gasteiger partial charge in [0.15, 0.2) is 0 Å². The van der Waals surface area contributed by atoms with Crippen molar-refractivity contribution in [3.63, 3.8) is 0 Å². The zero-order chi connectivity index (χ0) is 9.61. The maximum atomic E-state index is 4.25. The molecule has 1 aromatic rings. The average molecular weight is 369 g/mol. The van der Waals surface area contributed by atoms with Crippen molar-refractivity contribution in [2.45, 2.75) is 26.2 Å². The summed E-state index contributed by atoms with van der Waals surface area (Å²) in [7, 11) is 0. The third-order valence-corrected chi connectivity index (χ3v) is 1.58. The summed E-state index contributed by atoms with van der Waals surface area (Å²) in [5.41, 5.74) is 1.64. The fourth-order valence-electron chi connectivity index (χ4n) is 0.887. The average Bonchev–Trinajstić information content (AvgIpc) is 2.08. The minimum absolute atomic E-state index is 0. The van der Waals surface area contributed by atoms with Gasteiger partial charge in [-0.1, -0.05) is 20.8 Å². The van der Waals surface area contributed by atoms with Crippen LogP contribution in [-0.2, 0) is 5.41 Å². The molecule has 0 nitrogen and oxygen atoms in total. The van der Waals surface area contributed by atoms with Crippen LogP contribution in [0.2, 0.25) is 0 Å². The molecular formula is C12H16Br2Mg2. The first-order chi connectivity index (χ1) is 5.61. The molecule has 0 unspecified atom stereocenters. The molecule has 0 heterocycles. The van der Waals surface area contributed by atoms with E-state index < -0.39 is 0 Å². The van der Waals surface area contributed by atoms with E-state index in [0.717, 1.165) is 0 Å². The van der Waals surface area contributed by atoms with Gasteiger partial charge < -0.3 is 40.5 Å². The monoisotopic (exact) mass is 366 g/mol. The van der Waals surface area contributed by atoms with Gasteiger partial charge in [-0.2, -0.15) is 35.9 Å². The Morgan fingerprint density at radius 3 is 1.50 bits per heavy atom. The number of hydrogen-bond acceptors (Lipinski definition) is 0. The van der Waals surface area contributed by atoms with E-state index in [2.05, 4.69) is 52.1 Å². The van der Waals surface area contributed by atoms with Gasteiger partial charge in [0, 0.05) is 0 Å². The van der Waals surface area contributed by atoms with E-state index in [9.17, 15) is 0 Å². The van der Waals surface area contributed by atoms with Crippen LogP contribution < -0.4 is 34.0 Å². The molecule has 0 amide bonds. The van der Waals surface area contributed by atoms with Gasteiger partial charge in [-0.15, -0.1) is 0 Å². The summed E-state index contributed by atoms with van der Waals surface area (Å²) < 4.78 is 0. The fraction of sp³-hybridized carbons (Fsp3) is 0.333. The normalized spacial score (nSPS) is 7.44. The van der Waals surface area contributed by atoms with Gasteiger partial charge in [-0.25, -0.2) is 0 Å². The van der Waals surface area contributed by atoms with Crippen LogP contribution in [-0.4, -0.2) is 46.1 Å². The number of rotatable bonds is 0. The van der Waals surface area contributed by atoms with E-state index in [1.54, 1.807) is 0 Å². The molecule has 0 atom stereocenters. The van der Waals surface area contributed by atoms with E-state index in [1.165, 1.54) is 5.56 Å². The minimum Gasteiger partial charge on any atom is -1.00 e. The van der Waals surface area contributed by atoms with Crippen molar-refractivity contribution < 1.29 is 34.0 Å². The molecule has 1 rings (SSSR count). The maximum absolute atomic E-state index is 4.25. The van der Waals surface area contributed by atoms with E-state index in [1.807, 2.05) is 12.1 Å². The summed E-state index contributed by atoms with van der Waals surface area (Å²) in [4.78, 5) is 0. The van der Waals surface area contributed by atoms with E-state index in [4.69, 9.17) is 0 Å². The largest absolute Gasteiger partial charge is 2.00 e. The molecule has 0 saturated heterocycles. The molecule has 0 aliphatic carbocycles. The van der Waals surface area contributed by atoms with Crippen molar-refractivity contribution in [1.29, 1.82) is 0 Å². The Bertz CT molecular complexity index is 220. The Hall–Kier alpha value is 1.45. The topological polar surface area (TPSA) is 0 Å². The third kappa shape index (κ3) is 13.5. The predicted octanol–water partition coefficient (Wildman–Crippen LogP) is -3.36. The van der Waals surface area contributed by atoms with Crippen molar-refractivity contribution in [2.24, 2.45) is 0 Å². The van der Waals surface area contributed by atoms with Crippen LogP contribution in [0, 0.1) is 12.6 Å². The first kappa shape index (κ1) is 30.5. The van der Waals surface area contributed by atoms with E-state index in [-0.39, 0.29) is 85.5 Å². The van der Waals surface area contributed by atoms with Crippen molar-refractivity contribution in [1.82, 2.24) is 0 Å². The van der Waals surface area contributed by atoms with Gasteiger partial charge >= 0.3 is 46.1 Å². The first-order valence-corrected chi connectivity index (χ1v) is 3.98. The minimum atomic E-state index is 0. The zero-order valence-corrected chi connectivity index (χ0v) is 16.3. The van der Waals surface area contributed by atoms with Gasteiger partial charge in [-0.05, 0) is 5.41 Å².